The number of urea groups is 1. The monoisotopic (exact) mass is 344 g/mol. The Morgan fingerprint density at radius 3 is 2.48 bits per heavy atom. The molecule has 1 aromatic heterocycles. The lowest BCUT2D eigenvalue weighted by molar-refractivity contribution is 0.262. The number of thiazole rings is 1. The number of anilines is 3. The molecule has 0 aliphatic rings. The second kappa shape index (κ2) is 6.68. The van der Waals surface area contributed by atoms with Gasteiger partial charge in [0.25, 0.3) is 0 Å². The number of rotatable bonds is 3. The van der Waals surface area contributed by atoms with Crippen LogP contribution in [-0.2, 0) is 0 Å². The first-order chi connectivity index (χ1) is 11.1. The number of halogens is 1. The largest absolute Gasteiger partial charge is 0.375 e. The topological polar surface area (TPSA) is 80.0 Å². The average molecular weight is 345 g/mol. The molecule has 0 unspecified atom stereocenters. The first-order valence-electron chi connectivity index (χ1n) is 6.75. The van der Waals surface area contributed by atoms with Crippen molar-refractivity contribution in [2.24, 2.45) is 0 Å². The zero-order valence-corrected chi connectivity index (χ0v) is 13.5. The van der Waals surface area contributed by atoms with Crippen LogP contribution in [0.25, 0.3) is 11.3 Å². The number of nitrogen functional groups attached to an aromatic ring is 1. The minimum atomic E-state index is -0.335. The van der Waals surface area contributed by atoms with Crippen molar-refractivity contribution in [3.63, 3.8) is 0 Å². The van der Waals surface area contributed by atoms with Crippen LogP contribution in [0.2, 0.25) is 5.02 Å². The van der Waals surface area contributed by atoms with Gasteiger partial charge < -0.3 is 16.4 Å². The van der Waals surface area contributed by atoms with Crippen LogP contribution in [0.5, 0.6) is 0 Å². The van der Waals surface area contributed by atoms with Crippen LogP contribution in [0.1, 0.15) is 0 Å². The fraction of sp³-hybridized carbons (Fsp3) is 0. The molecule has 2 amide bonds. The van der Waals surface area contributed by atoms with Crippen molar-refractivity contribution < 1.29 is 4.79 Å². The maximum Gasteiger partial charge on any atom is 0.323 e. The van der Waals surface area contributed by atoms with Gasteiger partial charge in [-0.15, -0.1) is 11.3 Å². The maximum absolute atomic E-state index is 12.0. The zero-order valence-electron chi connectivity index (χ0n) is 11.9. The number of carbonyl (C=O) groups is 1. The fourth-order valence-electron chi connectivity index (χ4n) is 2.00. The van der Waals surface area contributed by atoms with Crippen LogP contribution < -0.4 is 16.4 Å². The number of hydrogen-bond donors (Lipinski definition) is 3. The van der Waals surface area contributed by atoms with Gasteiger partial charge in [-0.2, -0.15) is 0 Å². The number of benzene rings is 2. The van der Waals surface area contributed by atoms with Gasteiger partial charge in [-0.3, -0.25) is 0 Å². The van der Waals surface area contributed by atoms with E-state index >= 15 is 0 Å². The highest BCUT2D eigenvalue weighted by atomic mass is 35.5. The van der Waals surface area contributed by atoms with E-state index in [4.69, 9.17) is 17.3 Å². The zero-order chi connectivity index (χ0) is 16.2. The number of hydrogen-bond acceptors (Lipinski definition) is 4. The average Bonchev–Trinajstić information content (AvgIpc) is 2.94. The first kappa shape index (κ1) is 15.3. The number of nitrogens with zero attached hydrogens (tertiary/aromatic N) is 1. The molecule has 0 fully saturated rings. The third kappa shape index (κ3) is 4.00. The summed E-state index contributed by atoms with van der Waals surface area (Å²) in [6.45, 7) is 0. The molecule has 116 valence electrons. The summed E-state index contributed by atoms with van der Waals surface area (Å²) >= 11 is 7.27. The standard InChI is InChI=1S/C16H13ClN4OS/c17-11-2-1-3-13(8-11)20-16(22)19-12-6-4-10(5-7-12)14-9-23-15(18)21-14/h1-9H,(H2,18,21)(H2,19,20,22). The van der Waals surface area contributed by atoms with E-state index in [0.717, 1.165) is 11.3 Å². The van der Waals surface area contributed by atoms with Gasteiger partial charge in [0.2, 0.25) is 0 Å². The summed E-state index contributed by atoms with van der Waals surface area (Å²) in [5.41, 5.74) is 8.70. The molecule has 3 rings (SSSR count). The lowest BCUT2D eigenvalue weighted by atomic mass is 10.1. The first-order valence-corrected chi connectivity index (χ1v) is 8.01. The molecular formula is C16H13ClN4OS. The van der Waals surface area contributed by atoms with Crippen LogP contribution in [0.3, 0.4) is 0 Å². The molecule has 0 radical (unpaired) electrons. The summed E-state index contributed by atoms with van der Waals surface area (Å²) < 4.78 is 0. The summed E-state index contributed by atoms with van der Waals surface area (Å²) in [5, 5.41) is 8.46. The molecule has 0 aliphatic carbocycles. The predicted molar refractivity (Wildman–Crippen MR) is 96.1 cm³/mol. The molecule has 0 bridgehead atoms. The molecule has 0 atom stereocenters. The van der Waals surface area contributed by atoms with Gasteiger partial charge in [0.15, 0.2) is 5.13 Å². The Kier molecular flexibility index (Phi) is 4.45. The second-order valence-electron chi connectivity index (χ2n) is 4.74. The highest BCUT2D eigenvalue weighted by Crippen LogP contribution is 2.24. The summed E-state index contributed by atoms with van der Waals surface area (Å²) in [4.78, 5) is 16.2. The Balaban J connectivity index is 1.65. The highest BCUT2D eigenvalue weighted by molar-refractivity contribution is 7.13. The summed E-state index contributed by atoms with van der Waals surface area (Å²) in [6, 6.07) is 14.0. The van der Waals surface area contributed by atoms with E-state index in [1.807, 2.05) is 29.6 Å². The molecule has 0 spiro atoms. The maximum atomic E-state index is 12.0. The Hall–Kier alpha value is -2.57. The number of carbonyl (C=O) groups excluding carboxylic acids is 1. The quantitative estimate of drug-likeness (QED) is 0.644. The van der Waals surface area contributed by atoms with Crippen molar-refractivity contribution in [1.29, 1.82) is 0 Å². The van der Waals surface area contributed by atoms with Gasteiger partial charge in [0.05, 0.1) is 5.69 Å². The van der Waals surface area contributed by atoms with Gasteiger partial charge in [-0.1, -0.05) is 29.8 Å². The number of amides is 2. The Bertz CT molecular complexity index is 832. The lowest BCUT2D eigenvalue weighted by Crippen LogP contribution is -2.19. The van der Waals surface area contributed by atoms with Crippen LogP contribution in [0, 0.1) is 0 Å². The Morgan fingerprint density at radius 1 is 1.09 bits per heavy atom. The van der Waals surface area contributed by atoms with E-state index < -0.39 is 0 Å². The van der Waals surface area contributed by atoms with Crippen molar-refractivity contribution in [3.05, 3.63) is 58.9 Å². The van der Waals surface area contributed by atoms with Crippen molar-refractivity contribution in [2.45, 2.75) is 0 Å². The van der Waals surface area contributed by atoms with Gasteiger partial charge in [0.1, 0.15) is 0 Å². The smallest absolute Gasteiger partial charge is 0.323 e. The summed E-state index contributed by atoms with van der Waals surface area (Å²) in [6.07, 6.45) is 0. The summed E-state index contributed by atoms with van der Waals surface area (Å²) in [7, 11) is 0. The third-order valence-electron chi connectivity index (χ3n) is 3.04. The summed E-state index contributed by atoms with van der Waals surface area (Å²) in [5.74, 6) is 0. The molecule has 0 saturated heterocycles. The predicted octanol–water partition coefficient (Wildman–Crippen LogP) is 4.69. The number of nitrogens with one attached hydrogen (secondary N) is 2. The molecule has 23 heavy (non-hydrogen) atoms. The van der Waals surface area contributed by atoms with Crippen LogP contribution in [-0.4, -0.2) is 11.0 Å². The molecule has 4 N–H and O–H groups in total. The van der Waals surface area contributed by atoms with Crippen molar-refractivity contribution in [2.75, 3.05) is 16.4 Å². The molecule has 1 heterocycles. The number of nitrogens with two attached hydrogens (primary N) is 1. The minimum Gasteiger partial charge on any atom is -0.375 e. The highest BCUT2D eigenvalue weighted by Gasteiger charge is 2.05. The van der Waals surface area contributed by atoms with Gasteiger partial charge in [-0.25, -0.2) is 9.78 Å². The van der Waals surface area contributed by atoms with E-state index in [0.29, 0.717) is 21.5 Å². The van der Waals surface area contributed by atoms with E-state index in [9.17, 15) is 4.79 Å². The molecule has 5 nitrogen and oxygen atoms in total. The molecular weight excluding hydrogens is 332 g/mol. The molecule has 0 saturated carbocycles. The van der Waals surface area contributed by atoms with Crippen molar-refractivity contribution >= 4 is 45.5 Å². The molecule has 2 aromatic carbocycles. The SMILES string of the molecule is Nc1nc(-c2ccc(NC(=O)Nc3cccc(Cl)c3)cc2)cs1. The van der Waals surface area contributed by atoms with Crippen LogP contribution >= 0.6 is 22.9 Å². The third-order valence-corrected chi connectivity index (χ3v) is 3.95. The van der Waals surface area contributed by atoms with Crippen molar-refractivity contribution in [3.8, 4) is 11.3 Å². The van der Waals surface area contributed by atoms with Crippen LogP contribution in [0.4, 0.5) is 21.3 Å². The van der Waals surface area contributed by atoms with E-state index in [1.54, 1.807) is 24.3 Å². The van der Waals surface area contributed by atoms with Gasteiger partial charge in [0, 0.05) is 27.3 Å². The Labute approximate surface area is 142 Å². The molecule has 0 aliphatic heterocycles. The van der Waals surface area contributed by atoms with Crippen molar-refractivity contribution in [1.82, 2.24) is 4.98 Å². The van der Waals surface area contributed by atoms with E-state index in [2.05, 4.69) is 15.6 Å². The lowest BCUT2D eigenvalue weighted by Gasteiger charge is -2.08. The van der Waals surface area contributed by atoms with E-state index in [1.165, 1.54) is 11.3 Å². The normalized spacial score (nSPS) is 10.3. The van der Waals surface area contributed by atoms with Gasteiger partial charge in [-0.05, 0) is 30.3 Å². The fourth-order valence-corrected chi connectivity index (χ4v) is 2.77. The Morgan fingerprint density at radius 2 is 1.83 bits per heavy atom. The van der Waals surface area contributed by atoms with Crippen LogP contribution in [0.15, 0.2) is 53.9 Å². The minimum absolute atomic E-state index is 0.335. The number of aromatic nitrogens is 1. The van der Waals surface area contributed by atoms with E-state index in [-0.39, 0.29) is 6.03 Å². The molecule has 3 aromatic rings. The van der Waals surface area contributed by atoms with Gasteiger partial charge >= 0.3 is 6.03 Å². The second-order valence-corrected chi connectivity index (χ2v) is 6.06. The molecule has 7 heteroatoms.